The Morgan fingerprint density at radius 2 is 1.46 bits per heavy atom. The van der Waals surface area contributed by atoms with Crippen molar-refractivity contribution in [2.75, 3.05) is 33.3 Å². The maximum Gasteiger partial charge on any atom is 0.253 e. The van der Waals surface area contributed by atoms with Crippen molar-refractivity contribution < 1.29 is 14.3 Å². The molecule has 3 rings (SSSR count). The van der Waals surface area contributed by atoms with Crippen LogP contribution in [0, 0.1) is 0 Å². The van der Waals surface area contributed by atoms with Crippen molar-refractivity contribution in [3.63, 3.8) is 0 Å². The highest BCUT2D eigenvalue weighted by Crippen LogP contribution is 2.14. The van der Waals surface area contributed by atoms with Crippen LogP contribution in [0.3, 0.4) is 0 Å². The maximum atomic E-state index is 12.6. The van der Waals surface area contributed by atoms with Crippen LogP contribution in [-0.2, 0) is 17.8 Å². The van der Waals surface area contributed by atoms with Crippen LogP contribution >= 0.6 is 0 Å². The number of rotatable bonds is 6. The zero-order valence-electron chi connectivity index (χ0n) is 16.3. The van der Waals surface area contributed by atoms with Crippen LogP contribution in [0.25, 0.3) is 0 Å². The van der Waals surface area contributed by atoms with Crippen molar-refractivity contribution in [2.24, 2.45) is 5.73 Å². The number of benzene rings is 2. The Morgan fingerprint density at radius 3 is 2.04 bits per heavy atom. The Kier molecular flexibility index (Phi) is 6.66. The molecule has 0 aromatic heterocycles. The molecule has 0 bridgehead atoms. The first-order valence-corrected chi connectivity index (χ1v) is 9.59. The Labute approximate surface area is 165 Å². The molecule has 0 aliphatic carbocycles. The molecule has 1 aliphatic heterocycles. The number of carbonyl (C=O) groups is 2. The fraction of sp³-hybridized carbons (Fsp3) is 0.364. The molecule has 148 valence electrons. The van der Waals surface area contributed by atoms with Gasteiger partial charge in [-0.1, -0.05) is 24.3 Å². The molecule has 0 unspecified atom stereocenters. The van der Waals surface area contributed by atoms with Crippen LogP contribution in [0.5, 0.6) is 5.75 Å². The van der Waals surface area contributed by atoms with Crippen molar-refractivity contribution in [1.82, 2.24) is 9.80 Å². The molecular formula is C22H27N3O3. The van der Waals surface area contributed by atoms with E-state index in [1.807, 2.05) is 58.3 Å². The summed E-state index contributed by atoms with van der Waals surface area (Å²) in [6.07, 6.45) is 1.18. The monoisotopic (exact) mass is 381 g/mol. The van der Waals surface area contributed by atoms with Gasteiger partial charge in [-0.05, 0) is 41.8 Å². The van der Waals surface area contributed by atoms with Gasteiger partial charge in [0.15, 0.2) is 0 Å². The van der Waals surface area contributed by atoms with Crippen LogP contribution in [0.4, 0.5) is 0 Å². The van der Waals surface area contributed by atoms with E-state index >= 15 is 0 Å². The first-order valence-electron chi connectivity index (χ1n) is 9.59. The summed E-state index contributed by atoms with van der Waals surface area (Å²) in [5, 5.41) is 0. The Morgan fingerprint density at radius 1 is 0.893 bits per heavy atom. The van der Waals surface area contributed by atoms with Gasteiger partial charge in [0.05, 0.1) is 7.11 Å². The average molecular weight is 381 g/mol. The van der Waals surface area contributed by atoms with Gasteiger partial charge in [0.2, 0.25) is 5.91 Å². The molecule has 2 N–H and O–H groups in total. The van der Waals surface area contributed by atoms with Gasteiger partial charge in [-0.2, -0.15) is 0 Å². The number of piperazine rings is 1. The van der Waals surface area contributed by atoms with E-state index in [1.54, 1.807) is 7.11 Å². The average Bonchev–Trinajstić information content (AvgIpc) is 2.77. The molecule has 0 radical (unpaired) electrons. The number of hydrogen-bond donors (Lipinski definition) is 1. The summed E-state index contributed by atoms with van der Waals surface area (Å²) < 4.78 is 5.15. The molecule has 1 aliphatic rings. The Bertz CT molecular complexity index is 795. The highest BCUT2D eigenvalue weighted by atomic mass is 16.5. The summed E-state index contributed by atoms with van der Waals surface area (Å²) in [4.78, 5) is 28.8. The van der Waals surface area contributed by atoms with E-state index < -0.39 is 0 Å². The molecule has 1 saturated heterocycles. The van der Waals surface area contributed by atoms with Gasteiger partial charge in [0.1, 0.15) is 5.75 Å². The van der Waals surface area contributed by atoms with Crippen molar-refractivity contribution in [2.45, 2.75) is 19.4 Å². The van der Waals surface area contributed by atoms with E-state index in [4.69, 9.17) is 10.5 Å². The predicted octanol–water partition coefficient (Wildman–Crippen LogP) is 2.07. The Hall–Kier alpha value is -2.86. The highest BCUT2D eigenvalue weighted by molar-refractivity contribution is 5.94. The molecule has 0 spiro atoms. The number of ether oxygens (including phenoxy) is 1. The SMILES string of the molecule is COc1ccc(CCC(=O)N2CCN(C(=O)c3ccc(CN)cc3)CC2)cc1. The minimum Gasteiger partial charge on any atom is -0.497 e. The largest absolute Gasteiger partial charge is 0.497 e. The van der Waals surface area contributed by atoms with Crippen molar-refractivity contribution in [1.29, 1.82) is 0 Å². The lowest BCUT2D eigenvalue weighted by Gasteiger charge is -2.35. The summed E-state index contributed by atoms with van der Waals surface area (Å²) in [5.74, 6) is 0.956. The molecule has 2 aromatic carbocycles. The number of hydrogen-bond acceptors (Lipinski definition) is 4. The molecule has 0 atom stereocenters. The second kappa shape index (κ2) is 9.37. The lowest BCUT2D eigenvalue weighted by Crippen LogP contribution is -2.50. The molecule has 2 amide bonds. The third-order valence-electron chi connectivity index (χ3n) is 5.14. The molecule has 28 heavy (non-hydrogen) atoms. The lowest BCUT2D eigenvalue weighted by molar-refractivity contribution is -0.132. The van der Waals surface area contributed by atoms with E-state index in [0.29, 0.717) is 51.1 Å². The smallest absolute Gasteiger partial charge is 0.253 e. The summed E-state index contributed by atoms with van der Waals surface area (Å²) >= 11 is 0. The van der Waals surface area contributed by atoms with E-state index in [0.717, 1.165) is 16.9 Å². The molecule has 1 heterocycles. The second-order valence-corrected chi connectivity index (χ2v) is 6.92. The van der Waals surface area contributed by atoms with Gasteiger partial charge in [0.25, 0.3) is 5.91 Å². The molecule has 2 aromatic rings. The summed E-state index contributed by atoms with van der Waals surface area (Å²) in [5.41, 5.74) is 8.38. The van der Waals surface area contributed by atoms with Gasteiger partial charge >= 0.3 is 0 Å². The van der Waals surface area contributed by atoms with Gasteiger partial charge in [-0.15, -0.1) is 0 Å². The number of nitrogens with two attached hydrogens (primary N) is 1. The maximum absolute atomic E-state index is 12.6. The number of carbonyl (C=O) groups excluding carboxylic acids is 2. The van der Waals surface area contributed by atoms with E-state index in [-0.39, 0.29) is 11.8 Å². The predicted molar refractivity (Wildman–Crippen MR) is 108 cm³/mol. The fourth-order valence-corrected chi connectivity index (χ4v) is 3.33. The van der Waals surface area contributed by atoms with Crippen LogP contribution in [0.1, 0.15) is 27.9 Å². The van der Waals surface area contributed by atoms with Crippen LogP contribution < -0.4 is 10.5 Å². The second-order valence-electron chi connectivity index (χ2n) is 6.92. The van der Waals surface area contributed by atoms with E-state index in [1.165, 1.54) is 0 Å². The highest BCUT2D eigenvalue weighted by Gasteiger charge is 2.24. The van der Waals surface area contributed by atoms with Crippen LogP contribution in [0.15, 0.2) is 48.5 Å². The molecule has 0 saturated carbocycles. The molecule has 6 heteroatoms. The van der Waals surface area contributed by atoms with E-state index in [2.05, 4.69) is 0 Å². The fourth-order valence-electron chi connectivity index (χ4n) is 3.33. The molecule has 1 fully saturated rings. The zero-order chi connectivity index (χ0) is 19.9. The van der Waals surface area contributed by atoms with Gasteiger partial charge in [0, 0.05) is 44.7 Å². The number of amides is 2. The minimum atomic E-state index is 0.00824. The van der Waals surface area contributed by atoms with Gasteiger partial charge in [-0.25, -0.2) is 0 Å². The Balaban J connectivity index is 1.47. The van der Waals surface area contributed by atoms with Gasteiger partial charge < -0.3 is 20.3 Å². The number of aryl methyl sites for hydroxylation is 1. The quantitative estimate of drug-likeness (QED) is 0.831. The third-order valence-corrected chi connectivity index (χ3v) is 5.14. The third kappa shape index (κ3) is 4.89. The summed E-state index contributed by atoms with van der Waals surface area (Å²) in [7, 11) is 1.64. The van der Waals surface area contributed by atoms with Crippen LogP contribution in [0.2, 0.25) is 0 Å². The molecular weight excluding hydrogens is 354 g/mol. The summed E-state index contributed by atoms with van der Waals surface area (Å²) in [6.45, 7) is 2.74. The van der Waals surface area contributed by atoms with Crippen LogP contribution in [-0.4, -0.2) is 54.9 Å². The number of methoxy groups -OCH3 is 1. The first kappa shape index (κ1) is 19.9. The topological polar surface area (TPSA) is 75.9 Å². The van der Waals surface area contributed by atoms with Crippen molar-refractivity contribution >= 4 is 11.8 Å². The first-order chi connectivity index (χ1) is 13.6. The van der Waals surface area contributed by atoms with E-state index in [9.17, 15) is 9.59 Å². The summed E-state index contributed by atoms with van der Waals surface area (Å²) in [6, 6.07) is 15.2. The lowest BCUT2D eigenvalue weighted by atomic mass is 10.1. The zero-order valence-corrected chi connectivity index (χ0v) is 16.3. The molecule has 6 nitrogen and oxygen atoms in total. The van der Waals surface area contributed by atoms with Crippen molar-refractivity contribution in [3.8, 4) is 5.75 Å². The standard InChI is InChI=1S/C22H27N3O3/c1-28-20-9-4-17(5-10-20)6-11-21(26)24-12-14-25(15-13-24)22(27)19-7-2-18(16-23)3-8-19/h2-5,7-10H,6,11-16,23H2,1H3. The van der Waals surface area contributed by atoms with Crippen molar-refractivity contribution in [3.05, 3.63) is 65.2 Å². The minimum absolute atomic E-state index is 0.00824. The normalized spacial score (nSPS) is 14.1. The number of nitrogens with zero attached hydrogens (tertiary/aromatic N) is 2. The van der Waals surface area contributed by atoms with Gasteiger partial charge in [-0.3, -0.25) is 9.59 Å².